The second-order valence-corrected chi connectivity index (χ2v) is 11.2. The zero-order valence-corrected chi connectivity index (χ0v) is 22.2. The molecule has 0 aromatic heterocycles. The van der Waals surface area contributed by atoms with Gasteiger partial charge < -0.3 is 10.1 Å². The first-order chi connectivity index (χ1) is 18.3. The highest BCUT2D eigenvalue weighted by Gasteiger charge is 2.18. The predicted molar refractivity (Wildman–Crippen MR) is 150 cm³/mol. The summed E-state index contributed by atoms with van der Waals surface area (Å²) in [6, 6.07) is 26.3. The number of nitrogens with zero attached hydrogens (tertiary/aromatic N) is 1. The first-order valence-electron chi connectivity index (χ1n) is 11.6. The van der Waals surface area contributed by atoms with Crippen LogP contribution in [-0.2, 0) is 10.0 Å². The highest BCUT2D eigenvalue weighted by atomic mass is 32.2. The molecule has 0 unspecified atom stereocenters. The van der Waals surface area contributed by atoms with Crippen LogP contribution in [0.5, 0.6) is 5.75 Å². The van der Waals surface area contributed by atoms with Crippen molar-refractivity contribution < 1.29 is 17.9 Å². The second-order valence-electron chi connectivity index (χ2n) is 8.43. The number of benzene rings is 4. The molecule has 0 bridgehead atoms. The number of carbonyl (C=O) groups is 1. The lowest BCUT2D eigenvalue weighted by Gasteiger charge is -2.21. The molecule has 0 fully saturated rings. The molecule has 8 nitrogen and oxygen atoms in total. The van der Waals surface area contributed by atoms with Gasteiger partial charge in [0.25, 0.3) is 15.9 Å². The Balaban J connectivity index is 1.28. The monoisotopic (exact) mass is 544 g/mol. The van der Waals surface area contributed by atoms with Gasteiger partial charge in [0.05, 0.1) is 29.1 Å². The molecular formula is C28H24N4O4S2. The van der Waals surface area contributed by atoms with Crippen molar-refractivity contribution in [3.8, 4) is 5.75 Å². The Hall–Kier alpha value is -4.28. The quantitative estimate of drug-likeness (QED) is 0.175. The van der Waals surface area contributed by atoms with Crippen LogP contribution in [0.1, 0.15) is 22.8 Å². The lowest BCUT2D eigenvalue weighted by atomic mass is 10.1. The van der Waals surface area contributed by atoms with Gasteiger partial charge in [-0.1, -0.05) is 36.0 Å². The summed E-state index contributed by atoms with van der Waals surface area (Å²) in [6.07, 6.45) is 0. The van der Waals surface area contributed by atoms with E-state index in [-0.39, 0.29) is 10.5 Å². The van der Waals surface area contributed by atoms with Crippen molar-refractivity contribution >= 4 is 50.5 Å². The third-order valence-electron chi connectivity index (χ3n) is 5.85. The van der Waals surface area contributed by atoms with E-state index >= 15 is 0 Å². The number of amides is 1. The number of methoxy groups -OCH3 is 1. The Kier molecular flexibility index (Phi) is 7.08. The summed E-state index contributed by atoms with van der Waals surface area (Å²) in [5.41, 5.74) is 6.53. The number of hydrogen-bond acceptors (Lipinski definition) is 7. The minimum absolute atomic E-state index is 0.0415. The molecule has 4 aromatic rings. The van der Waals surface area contributed by atoms with Crippen LogP contribution in [0.2, 0.25) is 0 Å². The van der Waals surface area contributed by atoms with Crippen molar-refractivity contribution in [3.05, 3.63) is 102 Å². The van der Waals surface area contributed by atoms with Crippen LogP contribution in [0.15, 0.2) is 111 Å². The van der Waals surface area contributed by atoms with E-state index in [0.717, 1.165) is 26.7 Å². The molecule has 0 atom stereocenters. The number of ether oxygens (including phenoxy) is 1. The molecule has 5 rings (SSSR count). The smallest absolute Gasteiger partial charge is 0.271 e. The van der Waals surface area contributed by atoms with Crippen molar-refractivity contribution in [2.75, 3.05) is 17.1 Å². The molecule has 4 aromatic carbocycles. The van der Waals surface area contributed by atoms with Gasteiger partial charge in [0.1, 0.15) is 5.75 Å². The minimum atomic E-state index is -3.91. The number of nitrogens with one attached hydrogen (secondary N) is 3. The molecule has 0 aliphatic carbocycles. The van der Waals surface area contributed by atoms with E-state index in [2.05, 4.69) is 26.6 Å². The topological polar surface area (TPSA) is 109 Å². The molecule has 3 N–H and O–H groups in total. The largest absolute Gasteiger partial charge is 0.497 e. The van der Waals surface area contributed by atoms with E-state index in [1.165, 1.54) is 31.4 Å². The van der Waals surface area contributed by atoms with E-state index < -0.39 is 15.9 Å². The second kappa shape index (κ2) is 10.6. The molecular weight excluding hydrogens is 520 g/mol. The maximum Gasteiger partial charge on any atom is 0.271 e. The summed E-state index contributed by atoms with van der Waals surface area (Å²) in [4.78, 5) is 15.0. The minimum Gasteiger partial charge on any atom is -0.497 e. The Morgan fingerprint density at radius 3 is 2.42 bits per heavy atom. The summed E-state index contributed by atoms with van der Waals surface area (Å²) in [5, 5.41) is 7.68. The van der Waals surface area contributed by atoms with E-state index in [1.54, 1.807) is 43.0 Å². The van der Waals surface area contributed by atoms with Gasteiger partial charge in [-0.25, -0.2) is 13.8 Å². The van der Waals surface area contributed by atoms with Crippen LogP contribution in [0.25, 0.3) is 0 Å². The Bertz CT molecular complexity index is 1650. The molecule has 0 saturated heterocycles. The number of carbonyl (C=O) groups excluding carboxylic acids is 1. The lowest BCUT2D eigenvalue weighted by molar-refractivity contribution is 0.0954. The van der Waals surface area contributed by atoms with Gasteiger partial charge in [-0.05, 0) is 79.2 Å². The van der Waals surface area contributed by atoms with Crippen molar-refractivity contribution in [3.63, 3.8) is 0 Å². The number of hydrogen-bond donors (Lipinski definition) is 3. The molecule has 1 heterocycles. The van der Waals surface area contributed by atoms with Crippen LogP contribution in [0.4, 0.5) is 17.1 Å². The fraction of sp³-hybridized carbons (Fsp3) is 0.0714. The summed E-state index contributed by atoms with van der Waals surface area (Å²) in [5.74, 6) is 0.0877. The summed E-state index contributed by atoms with van der Waals surface area (Å²) in [6.45, 7) is 1.80. The van der Waals surface area contributed by atoms with Crippen molar-refractivity contribution in [2.45, 2.75) is 21.6 Å². The normalized spacial score (nSPS) is 12.5. The average molecular weight is 545 g/mol. The van der Waals surface area contributed by atoms with Gasteiger partial charge in [-0.3, -0.25) is 9.52 Å². The van der Waals surface area contributed by atoms with Gasteiger partial charge in [0, 0.05) is 21.0 Å². The maximum atomic E-state index is 12.9. The van der Waals surface area contributed by atoms with Gasteiger partial charge in [-0.15, -0.1) is 0 Å². The molecule has 1 aliphatic rings. The van der Waals surface area contributed by atoms with Crippen LogP contribution < -0.4 is 20.2 Å². The lowest BCUT2D eigenvalue weighted by Crippen LogP contribution is -2.20. The van der Waals surface area contributed by atoms with Crippen LogP contribution in [0, 0.1) is 0 Å². The average Bonchev–Trinajstić information content (AvgIpc) is 2.94. The SMILES string of the molecule is COc1ccc(NS(=O)(=O)c2cccc(C(=O)NN=C(C)c3ccc4c(c3)Nc3ccccc3S4)c2)cc1. The zero-order valence-electron chi connectivity index (χ0n) is 20.6. The number of rotatable bonds is 7. The first kappa shape index (κ1) is 25.4. The van der Waals surface area contributed by atoms with E-state index in [1.807, 2.05) is 36.4 Å². The standard InChI is InChI=1S/C28H24N4O4S2/c1-18(19-10-15-27-25(17-19)29-24-8-3-4-9-26(24)37-27)30-31-28(33)20-6-5-7-23(16-20)38(34,35)32-21-11-13-22(36-2)14-12-21/h3-17,29,32H,1-2H3,(H,31,33). The van der Waals surface area contributed by atoms with Crippen LogP contribution in [0.3, 0.4) is 0 Å². The molecule has 0 spiro atoms. The Morgan fingerprint density at radius 2 is 1.63 bits per heavy atom. The molecule has 38 heavy (non-hydrogen) atoms. The number of anilines is 3. The third-order valence-corrected chi connectivity index (χ3v) is 8.38. The number of fused-ring (bicyclic) bond motifs is 2. The number of para-hydroxylation sites is 1. The summed E-state index contributed by atoms with van der Waals surface area (Å²) >= 11 is 1.69. The first-order valence-corrected chi connectivity index (χ1v) is 13.9. The van der Waals surface area contributed by atoms with Crippen molar-refractivity contribution in [2.24, 2.45) is 5.10 Å². The van der Waals surface area contributed by atoms with E-state index in [4.69, 9.17) is 4.74 Å². The fourth-order valence-electron chi connectivity index (χ4n) is 3.81. The van der Waals surface area contributed by atoms with Crippen LogP contribution in [-0.4, -0.2) is 27.1 Å². The van der Waals surface area contributed by atoms with Gasteiger partial charge in [0.2, 0.25) is 0 Å². The molecule has 192 valence electrons. The third kappa shape index (κ3) is 5.51. The summed E-state index contributed by atoms with van der Waals surface area (Å²) < 4.78 is 33.3. The van der Waals surface area contributed by atoms with Crippen molar-refractivity contribution in [1.29, 1.82) is 0 Å². The summed E-state index contributed by atoms with van der Waals surface area (Å²) in [7, 11) is -2.38. The maximum absolute atomic E-state index is 12.9. The van der Waals surface area contributed by atoms with E-state index in [0.29, 0.717) is 17.1 Å². The molecule has 0 saturated carbocycles. The van der Waals surface area contributed by atoms with Gasteiger partial charge in [0.15, 0.2) is 0 Å². The highest BCUT2D eigenvalue weighted by Crippen LogP contribution is 2.44. The predicted octanol–water partition coefficient (Wildman–Crippen LogP) is 5.86. The zero-order chi connectivity index (χ0) is 26.7. The molecule has 10 heteroatoms. The molecule has 1 amide bonds. The Morgan fingerprint density at radius 1 is 0.868 bits per heavy atom. The van der Waals surface area contributed by atoms with Crippen molar-refractivity contribution in [1.82, 2.24) is 5.43 Å². The number of hydrazone groups is 1. The van der Waals surface area contributed by atoms with E-state index in [9.17, 15) is 13.2 Å². The van der Waals surface area contributed by atoms with Gasteiger partial charge in [-0.2, -0.15) is 5.10 Å². The molecule has 0 radical (unpaired) electrons. The Labute approximate surface area is 225 Å². The van der Waals surface area contributed by atoms with Gasteiger partial charge >= 0.3 is 0 Å². The number of sulfonamides is 1. The molecule has 1 aliphatic heterocycles. The van der Waals surface area contributed by atoms with Crippen LogP contribution >= 0.6 is 11.8 Å². The fourth-order valence-corrected chi connectivity index (χ4v) is 5.88. The highest BCUT2D eigenvalue weighted by molar-refractivity contribution is 7.99.